The summed E-state index contributed by atoms with van der Waals surface area (Å²) in [7, 11) is 0.454. The molecule has 0 aliphatic carbocycles. The summed E-state index contributed by atoms with van der Waals surface area (Å²) >= 11 is 0. The molecule has 1 heterocycles. The van der Waals surface area contributed by atoms with Crippen molar-refractivity contribution in [2.45, 2.75) is 31.4 Å². The lowest BCUT2D eigenvalue weighted by Gasteiger charge is -2.27. The Bertz CT molecular complexity index is 39.9. The van der Waals surface area contributed by atoms with E-state index in [2.05, 4.69) is 13.8 Å². The summed E-state index contributed by atoms with van der Waals surface area (Å²) in [4.78, 5) is 0. The van der Waals surface area contributed by atoms with Crippen LogP contribution in [-0.4, -0.2) is 9.52 Å². The van der Waals surface area contributed by atoms with Crippen molar-refractivity contribution in [2.75, 3.05) is 0 Å². The molecule has 1 saturated heterocycles. The highest BCUT2D eigenvalue weighted by atomic mass is 28.2. The maximum atomic E-state index is 2.38. The highest BCUT2D eigenvalue weighted by Gasteiger charge is 2.20. The van der Waals surface area contributed by atoms with Crippen molar-refractivity contribution in [1.29, 1.82) is 0 Å². The van der Waals surface area contributed by atoms with E-state index in [9.17, 15) is 0 Å². The van der Waals surface area contributed by atoms with Gasteiger partial charge < -0.3 is 0 Å². The van der Waals surface area contributed by atoms with Crippen molar-refractivity contribution in [3.05, 3.63) is 0 Å². The van der Waals surface area contributed by atoms with Crippen molar-refractivity contribution in [2.24, 2.45) is 0 Å². The molecule has 0 aromatic heterocycles. The van der Waals surface area contributed by atoms with E-state index in [0.29, 0.717) is 9.52 Å². The molecule has 0 radical (unpaired) electrons. The second-order valence-corrected chi connectivity index (χ2v) is 5.94. The van der Waals surface area contributed by atoms with Gasteiger partial charge in [-0.1, -0.05) is 31.4 Å². The second kappa shape index (κ2) is 1.37. The lowest BCUT2D eigenvalue weighted by atomic mass is 10.2. The van der Waals surface area contributed by atoms with Gasteiger partial charge in [0.2, 0.25) is 0 Å². The Balaban J connectivity index is 2.11. The molecule has 1 aliphatic rings. The van der Waals surface area contributed by atoms with Gasteiger partial charge in [0.1, 0.15) is 0 Å². The molecule has 0 aromatic rings. The van der Waals surface area contributed by atoms with E-state index in [1.54, 1.807) is 0 Å². The minimum atomic E-state index is 0.454. The van der Waals surface area contributed by atoms with Crippen LogP contribution < -0.4 is 0 Å². The minimum absolute atomic E-state index is 0.454. The fraction of sp³-hybridized carbons (Fsp3) is 1.00. The van der Waals surface area contributed by atoms with Crippen molar-refractivity contribution in [1.82, 2.24) is 0 Å². The lowest BCUT2D eigenvalue weighted by molar-refractivity contribution is 0.668. The molecule has 0 aromatic carbocycles. The molecule has 0 nitrogen and oxygen atoms in total. The Morgan fingerprint density at radius 2 is 1.67 bits per heavy atom. The van der Waals surface area contributed by atoms with E-state index in [4.69, 9.17) is 0 Å². The van der Waals surface area contributed by atoms with E-state index in [0.717, 1.165) is 0 Å². The van der Waals surface area contributed by atoms with Crippen molar-refractivity contribution >= 4 is 9.52 Å². The zero-order chi connectivity index (χ0) is 4.57. The third-order valence-corrected chi connectivity index (χ3v) is 3.89. The summed E-state index contributed by atoms with van der Waals surface area (Å²) in [6.45, 7) is 4.76. The van der Waals surface area contributed by atoms with Gasteiger partial charge >= 0.3 is 0 Å². The van der Waals surface area contributed by atoms with E-state index in [-0.39, 0.29) is 0 Å². The Labute approximate surface area is 41.8 Å². The summed E-state index contributed by atoms with van der Waals surface area (Å²) in [5.41, 5.74) is 2.36. The third kappa shape index (κ3) is 0.646. The normalized spacial score (nSPS) is 49.0. The molecule has 1 rings (SSSR count). The molecule has 1 aliphatic heterocycles. The standard InChI is InChI=1S/C5H12Si/c1-4-3-5(2)6-4/h4-5H,3,6H2,1-2H3. The molecule has 0 bridgehead atoms. The van der Waals surface area contributed by atoms with Crippen LogP contribution in [0.4, 0.5) is 0 Å². The van der Waals surface area contributed by atoms with Gasteiger partial charge in [0.25, 0.3) is 0 Å². The molecule has 0 saturated carbocycles. The van der Waals surface area contributed by atoms with Crippen LogP contribution in [0.3, 0.4) is 0 Å². The predicted molar refractivity (Wildman–Crippen MR) is 32.0 cm³/mol. The molecule has 1 fully saturated rings. The molecule has 0 amide bonds. The van der Waals surface area contributed by atoms with Crippen LogP contribution >= 0.6 is 0 Å². The maximum absolute atomic E-state index is 2.38. The predicted octanol–water partition coefficient (Wildman–Crippen LogP) is 1.18. The van der Waals surface area contributed by atoms with Gasteiger partial charge in [-0.3, -0.25) is 0 Å². The molecule has 6 heavy (non-hydrogen) atoms. The van der Waals surface area contributed by atoms with Gasteiger partial charge in [-0.2, -0.15) is 0 Å². The first-order valence-corrected chi connectivity index (χ1v) is 4.42. The molecule has 2 atom stereocenters. The number of hydrogen-bond acceptors (Lipinski definition) is 0. The van der Waals surface area contributed by atoms with Crippen LogP contribution in [0.1, 0.15) is 20.3 Å². The van der Waals surface area contributed by atoms with E-state index in [1.165, 1.54) is 17.5 Å². The van der Waals surface area contributed by atoms with E-state index >= 15 is 0 Å². The molecule has 0 spiro atoms. The fourth-order valence-electron chi connectivity index (χ4n) is 1.30. The monoisotopic (exact) mass is 100 g/mol. The van der Waals surface area contributed by atoms with Crippen LogP contribution in [0.2, 0.25) is 11.1 Å². The molecule has 2 unspecified atom stereocenters. The van der Waals surface area contributed by atoms with Crippen LogP contribution in [0, 0.1) is 0 Å². The summed E-state index contributed by atoms with van der Waals surface area (Å²) < 4.78 is 0. The summed E-state index contributed by atoms with van der Waals surface area (Å²) in [6, 6.07) is 0. The van der Waals surface area contributed by atoms with E-state index < -0.39 is 0 Å². The van der Waals surface area contributed by atoms with Crippen molar-refractivity contribution < 1.29 is 0 Å². The fourth-order valence-corrected chi connectivity index (χ4v) is 3.44. The molecule has 36 valence electrons. The zero-order valence-corrected chi connectivity index (χ0v) is 5.98. The summed E-state index contributed by atoms with van der Waals surface area (Å²) in [5.74, 6) is 0. The number of rotatable bonds is 0. The first-order valence-electron chi connectivity index (χ1n) is 2.79. The van der Waals surface area contributed by atoms with Crippen molar-refractivity contribution in [3.8, 4) is 0 Å². The average molecular weight is 100 g/mol. The summed E-state index contributed by atoms with van der Waals surface area (Å²) in [6.07, 6.45) is 1.53. The SMILES string of the molecule is CC1CC(C)[SiH2]1. The van der Waals surface area contributed by atoms with Gasteiger partial charge in [0.05, 0.1) is 0 Å². The van der Waals surface area contributed by atoms with Crippen LogP contribution in [0.15, 0.2) is 0 Å². The minimum Gasteiger partial charge on any atom is -0.0654 e. The Morgan fingerprint density at radius 1 is 1.33 bits per heavy atom. The van der Waals surface area contributed by atoms with Crippen LogP contribution in [-0.2, 0) is 0 Å². The lowest BCUT2D eigenvalue weighted by Crippen LogP contribution is -2.18. The highest BCUT2D eigenvalue weighted by molar-refractivity contribution is 6.43. The Morgan fingerprint density at radius 3 is 1.67 bits per heavy atom. The largest absolute Gasteiger partial charge is 0.0654 e. The first-order chi connectivity index (χ1) is 2.79. The van der Waals surface area contributed by atoms with Gasteiger partial charge in [0, 0.05) is 9.52 Å². The molecular formula is C5H12Si. The highest BCUT2D eigenvalue weighted by Crippen LogP contribution is 2.33. The molecule has 1 heteroatoms. The van der Waals surface area contributed by atoms with E-state index in [1.807, 2.05) is 0 Å². The second-order valence-electron chi connectivity index (χ2n) is 2.68. The quantitative estimate of drug-likeness (QED) is 0.401. The number of hydrogen-bond donors (Lipinski definition) is 0. The van der Waals surface area contributed by atoms with Gasteiger partial charge in [-0.25, -0.2) is 0 Å². The van der Waals surface area contributed by atoms with Crippen LogP contribution in [0.5, 0.6) is 0 Å². The Hall–Kier alpha value is 0.217. The first kappa shape index (κ1) is 4.38. The zero-order valence-electron chi connectivity index (χ0n) is 4.57. The van der Waals surface area contributed by atoms with Crippen molar-refractivity contribution in [3.63, 3.8) is 0 Å². The topological polar surface area (TPSA) is 0 Å². The summed E-state index contributed by atoms with van der Waals surface area (Å²) in [5, 5.41) is 0. The molecule has 0 N–H and O–H groups in total. The van der Waals surface area contributed by atoms with Crippen LogP contribution in [0.25, 0.3) is 0 Å². The average Bonchev–Trinajstić information content (AvgIpc) is 1.33. The van der Waals surface area contributed by atoms with Gasteiger partial charge in [-0.15, -0.1) is 0 Å². The Kier molecular flexibility index (Phi) is 1.00. The molecular weight excluding hydrogens is 88.1 g/mol. The maximum Gasteiger partial charge on any atom is 0.0257 e. The van der Waals surface area contributed by atoms with Gasteiger partial charge in [-0.05, 0) is 0 Å². The van der Waals surface area contributed by atoms with Gasteiger partial charge in [0.15, 0.2) is 0 Å². The smallest absolute Gasteiger partial charge is 0.0257 e. The third-order valence-electron chi connectivity index (χ3n) is 1.61.